The number of nitrogens with zero attached hydrogens (tertiary/aromatic N) is 1. The van der Waals surface area contributed by atoms with Gasteiger partial charge in [-0.25, -0.2) is 4.98 Å². The van der Waals surface area contributed by atoms with E-state index in [2.05, 4.69) is 27.8 Å². The molecule has 17 heavy (non-hydrogen) atoms. The van der Waals surface area contributed by atoms with Gasteiger partial charge in [-0.2, -0.15) is 0 Å². The fourth-order valence-corrected chi connectivity index (χ4v) is 1.98. The lowest BCUT2D eigenvalue weighted by Gasteiger charge is -1.94. The zero-order valence-electron chi connectivity index (χ0n) is 9.70. The molecule has 0 saturated carbocycles. The van der Waals surface area contributed by atoms with Crippen molar-refractivity contribution in [1.29, 1.82) is 0 Å². The molecule has 3 nitrogen and oxygen atoms in total. The number of Topliss-reactive ketones (excluding diaryl/α,β-unsaturated/α-hetero) is 1. The van der Waals surface area contributed by atoms with Crippen molar-refractivity contribution in [2.45, 2.75) is 26.2 Å². The summed E-state index contributed by atoms with van der Waals surface area (Å²) in [6.07, 6.45) is 3.04. The third-order valence-corrected chi connectivity index (χ3v) is 3.13. The zero-order chi connectivity index (χ0) is 12.3. The van der Waals surface area contributed by atoms with Crippen LogP contribution < -0.4 is 0 Å². The van der Waals surface area contributed by atoms with Crippen molar-refractivity contribution in [3.63, 3.8) is 0 Å². The second-order valence-electron chi connectivity index (χ2n) is 3.95. The van der Waals surface area contributed by atoms with Crippen LogP contribution in [0.15, 0.2) is 22.6 Å². The summed E-state index contributed by atoms with van der Waals surface area (Å²) in [6.45, 7) is 2.13. The van der Waals surface area contributed by atoms with Crippen molar-refractivity contribution in [3.8, 4) is 0 Å². The van der Waals surface area contributed by atoms with Crippen LogP contribution in [-0.2, 0) is 6.42 Å². The molecule has 0 atom stereocenters. The Morgan fingerprint density at radius 1 is 1.47 bits per heavy atom. The molecule has 2 rings (SSSR count). The van der Waals surface area contributed by atoms with E-state index in [4.69, 9.17) is 4.42 Å². The molecule has 0 aliphatic heterocycles. The fraction of sp³-hybridized carbons (Fsp3) is 0.385. The number of benzene rings is 1. The average molecular weight is 296 g/mol. The lowest BCUT2D eigenvalue weighted by atomic mass is 10.1. The van der Waals surface area contributed by atoms with Crippen molar-refractivity contribution in [3.05, 3.63) is 29.7 Å². The number of halogens is 1. The highest BCUT2D eigenvalue weighted by molar-refractivity contribution is 9.09. The van der Waals surface area contributed by atoms with Crippen LogP contribution in [0.1, 0.15) is 36.0 Å². The molecule has 4 heteroatoms. The van der Waals surface area contributed by atoms with Crippen LogP contribution in [0, 0.1) is 0 Å². The summed E-state index contributed by atoms with van der Waals surface area (Å²) in [7, 11) is 0. The second kappa shape index (κ2) is 5.45. The van der Waals surface area contributed by atoms with Crippen LogP contribution in [0.25, 0.3) is 11.1 Å². The van der Waals surface area contributed by atoms with Crippen LogP contribution in [0.5, 0.6) is 0 Å². The number of aryl methyl sites for hydroxylation is 1. The highest BCUT2D eigenvalue weighted by Gasteiger charge is 2.09. The van der Waals surface area contributed by atoms with Gasteiger partial charge >= 0.3 is 0 Å². The first kappa shape index (κ1) is 12.3. The molecule has 1 heterocycles. The minimum atomic E-state index is 0.0541. The summed E-state index contributed by atoms with van der Waals surface area (Å²) in [5.74, 6) is 0.809. The summed E-state index contributed by atoms with van der Waals surface area (Å²) >= 11 is 3.16. The molecule has 90 valence electrons. The minimum absolute atomic E-state index is 0.0541. The molecule has 0 unspecified atom stereocenters. The molecule has 0 bridgehead atoms. The van der Waals surface area contributed by atoms with Gasteiger partial charge in [0.05, 0.1) is 5.33 Å². The standard InChI is InChI=1S/C13H14BrNO2/c1-2-3-4-13-15-10-6-5-9(11(16)8-14)7-12(10)17-13/h5-7H,2-4,8H2,1H3. The van der Waals surface area contributed by atoms with Gasteiger partial charge in [0, 0.05) is 12.0 Å². The first-order valence-electron chi connectivity index (χ1n) is 5.73. The molecule has 0 spiro atoms. The molecular weight excluding hydrogens is 282 g/mol. The van der Waals surface area contributed by atoms with Crippen LogP contribution in [0.2, 0.25) is 0 Å². The summed E-state index contributed by atoms with van der Waals surface area (Å²) in [5, 5.41) is 0.329. The Morgan fingerprint density at radius 3 is 3.00 bits per heavy atom. The molecule has 0 saturated heterocycles. The van der Waals surface area contributed by atoms with Gasteiger partial charge in [-0.05, 0) is 24.6 Å². The Bertz CT molecular complexity index is 533. The van der Waals surface area contributed by atoms with Crippen molar-refractivity contribution in [2.75, 3.05) is 5.33 Å². The zero-order valence-corrected chi connectivity index (χ0v) is 11.3. The smallest absolute Gasteiger partial charge is 0.195 e. The lowest BCUT2D eigenvalue weighted by molar-refractivity contribution is 0.102. The van der Waals surface area contributed by atoms with Gasteiger partial charge in [0.15, 0.2) is 17.3 Å². The van der Waals surface area contributed by atoms with E-state index in [0.29, 0.717) is 16.5 Å². The first-order valence-corrected chi connectivity index (χ1v) is 6.85. The van der Waals surface area contributed by atoms with Gasteiger partial charge in [0.2, 0.25) is 0 Å². The highest BCUT2D eigenvalue weighted by atomic mass is 79.9. The van der Waals surface area contributed by atoms with Gasteiger partial charge in [-0.1, -0.05) is 29.3 Å². The largest absolute Gasteiger partial charge is 0.441 e. The Morgan fingerprint density at radius 2 is 2.29 bits per heavy atom. The van der Waals surface area contributed by atoms with E-state index in [1.165, 1.54) is 0 Å². The quantitative estimate of drug-likeness (QED) is 0.623. The highest BCUT2D eigenvalue weighted by Crippen LogP contribution is 2.19. The van der Waals surface area contributed by atoms with Crippen LogP contribution in [0.4, 0.5) is 0 Å². The van der Waals surface area contributed by atoms with Gasteiger partial charge < -0.3 is 4.42 Å². The molecule has 1 aromatic carbocycles. The van der Waals surface area contributed by atoms with Crippen molar-refractivity contribution < 1.29 is 9.21 Å². The predicted octanol–water partition coefficient (Wildman–Crippen LogP) is 3.75. The molecule has 0 aliphatic carbocycles. The molecular formula is C13H14BrNO2. The first-order chi connectivity index (χ1) is 8.24. The van der Waals surface area contributed by atoms with E-state index < -0.39 is 0 Å². The number of oxazole rings is 1. The molecule has 2 aromatic rings. The number of carbonyl (C=O) groups is 1. The number of fused-ring (bicyclic) bond motifs is 1. The molecule has 1 aromatic heterocycles. The van der Waals surface area contributed by atoms with Crippen molar-refractivity contribution in [1.82, 2.24) is 4.98 Å². The van der Waals surface area contributed by atoms with E-state index in [-0.39, 0.29) is 5.78 Å². The van der Waals surface area contributed by atoms with Crippen molar-refractivity contribution in [2.24, 2.45) is 0 Å². The summed E-state index contributed by atoms with van der Waals surface area (Å²) in [4.78, 5) is 15.9. The number of aromatic nitrogens is 1. The average Bonchev–Trinajstić information content (AvgIpc) is 2.76. The van der Waals surface area contributed by atoms with Crippen LogP contribution >= 0.6 is 15.9 Å². The summed E-state index contributed by atoms with van der Waals surface area (Å²) in [5.41, 5.74) is 2.18. The Kier molecular flexibility index (Phi) is 3.94. The minimum Gasteiger partial charge on any atom is -0.441 e. The third kappa shape index (κ3) is 2.75. The van der Waals surface area contributed by atoms with Gasteiger partial charge in [-0.15, -0.1) is 0 Å². The monoisotopic (exact) mass is 295 g/mol. The number of hydrogen-bond donors (Lipinski definition) is 0. The maximum absolute atomic E-state index is 11.5. The van der Waals surface area contributed by atoms with E-state index in [9.17, 15) is 4.79 Å². The lowest BCUT2D eigenvalue weighted by Crippen LogP contribution is -1.98. The molecule has 0 amide bonds. The number of hydrogen-bond acceptors (Lipinski definition) is 3. The molecule has 0 N–H and O–H groups in total. The summed E-state index contributed by atoms with van der Waals surface area (Å²) < 4.78 is 5.63. The van der Waals surface area contributed by atoms with E-state index in [0.717, 1.165) is 30.7 Å². The fourth-order valence-electron chi connectivity index (χ4n) is 1.66. The SMILES string of the molecule is CCCCc1nc2ccc(C(=O)CBr)cc2o1. The van der Waals surface area contributed by atoms with E-state index in [1.54, 1.807) is 12.1 Å². The van der Waals surface area contributed by atoms with Gasteiger partial charge in [-0.3, -0.25) is 4.79 Å². The second-order valence-corrected chi connectivity index (χ2v) is 4.51. The predicted molar refractivity (Wildman–Crippen MR) is 70.7 cm³/mol. The van der Waals surface area contributed by atoms with Crippen LogP contribution in [0.3, 0.4) is 0 Å². The van der Waals surface area contributed by atoms with E-state index >= 15 is 0 Å². The molecule has 0 radical (unpaired) electrons. The Hall–Kier alpha value is -1.16. The molecule has 0 fully saturated rings. The van der Waals surface area contributed by atoms with Crippen molar-refractivity contribution >= 4 is 32.8 Å². The number of rotatable bonds is 5. The van der Waals surface area contributed by atoms with Gasteiger partial charge in [0.1, 0.15) is 5.52 Å². The van der Waals surface area contributed by atoms with E-state index in [1.807, 2.05) is 6.07 Å². The number of ketones is 1. The van der Waals surface area contributed by atoms with Crippen LogP contribution in [-0.4, -0.2) is 16.1 Å². The number of alkyl halides is 1. The van der Waals surface area contributed by atoms with Gasteiger partial charge in [0.25, 0.3) is 0 Å². The summed E-state index contributed by atoms with van der Waals surface area (Å²) in [6, 6.07) is 5.39. The Labute approximate surface area is 108 Å². The maximum atomic E-state index is 11.5. The third-order valence-electron chi connectivity index (χ3n) is 2.62. The topological polar surface area (TPSA) is 43.1 Å². The Balaban J connectivity index is 2.31. The molecule has 0 aliphatic rings. The number of carbonyl (C=O) groups excluding carboxylic acids is 1. The number of unbranched alkanes of at least 4 members (excludes halogenated alkanes) is 1. The maximum Gasteiger partial charge on any atom is 0.195 e. The normalized spacial score (nSPS) is 10.9.